The molecule has 3 aromatic rings. The van der Waals surface area contributed by atoms with Crippen molar-refractivity contribution in [1.82, 2.24) is 4.98 Å². The molecule has 0 fully saturated rings. The van der Waals surface area contributed by atoms with Crippen LogP contribution < -0.4 is 5.32 Å². The molecule has 0 aliphatic heterocycles. The molecule has 0 saturated carbocycles. The van der Waals surface area contributed by atoms with Crippen LogP contribution in [0.5, 0.6) is 0 Å². The number of H-pyrrole nitrogens is 1. The van der Waals surface area contributed by atoms with Gasteiger partial charge in [-0.15, -0.1) is 0 Å². The summed E-state index contributed by atoms with van der Waals surface area (Å²) in [5, 5.41) is 4.34. The van der Waals surface area contributed by atoms with E-state index in [1.54, 1.807) is 24.3 Å². The topological polar surface area (TPSA) is 71.2 Å². The zero-order valence-electron chi connectivity index (χ0n) is 15.0. The molecule has 140 valence electrons. The van der Waals surface area contributed by atoms with Crippen LogP contribution in [0.1, 0.15) is 28.5 Å². The monoisotopic (exact) mass is 404 g/mol. The van der Waals surface area contributed by atoms with Gasteiger partial charge in [-0.2, -0.15) is 0 Å². The largest absolute Gasteiger partial charge is 0.449 e. The molecule has 7 heteroatoms. The van der Waals surface area contributed by atoms with Crippen molar-refractivity contribution in [2.75, 3.05) is 5.32 Å². The lowest BCUT2D eigenvalue weighted by Crippen LogP contribution is -2.30. The van der Waals surface area contributed by atoms with Gasteiger partial charge in [-0.1, -0.05) is 23.2 Å². The van der Waals surface area contributed by atoms with Gasteiger partial charge in [0, 0.05) is 21.6 Å². The third-order valence-electron chi connectivity index (χ3n) is 4.39. The molecule has 1 heterocycles. The molecule has 0 aliphatic rings. The summed E-state index contributed by atoms with van der Waals surface area (Å²) < 4.78 is 5.30. The summed E-state index contributed by atoms with van der Waals surface area (Å²) in [5.41, 5.74) is 3.85. The highest BCUT2D eigenvalue weighted by Crippen LogP contribution is 2.26. The van der Waals surface area contributed by atoms with Crippen molar-refractivity contribution in [2.45, 2.75) is 26.9 Å². The lowest BCUT2D eigenvalue weighted by Gasteiger charge is -2.14. The van der Waals surface area contributed by atoms with Crippen molar-refractivity contribution in [3.63, 3.8) is 0 Å². The molecule has 2 N–H and O–H groups in total. The Bertz CT molecular complexity index is 1040. The highest BCUT2D eigenvalue weighted by molar-refractivity contribution is 6.36. The van der Waals surface area contributed by atoms with Gasteiger partial charge in [0.25, 0.3) is 5.91 Å². The fourth-order valence-corrected chi connectivity index (χ4v) is 3.15. The van der Waals surface area contributed by atoms with E-state index in [0.29, 0.717) is 21.3 Å². The fraction of sp³-hybridized carbons (Fsp3) is 0.200. The Morgan fingerprint density at radius 1 is 1.11 bits per heavy atom. The summed E-state index contributed by atoms with van der Waals surface area (Å²) in [6.07, 6.45) is -0.992. The SMILES string of the molecule is Cc1[nH]c2ccc(C(=O)O[C@@H](C)C(=O)Nc3ccc(Cl)cc3Cl)cc2c1C. The van der Waals surface area contributed by atoms with E-state index >= 15 is 0 Å². The van der Waals surface area contributed by atoms with Crippen LogP contribution in [0, 0.1) is 13.8 Å². The number of ether oxygens (including phenoxy) is 1. The Labute approximate surface area is 166 Å². The quantitative estimate of drug-likeness (QED) is 0.581. The van der Waals surface area contributed by atoms with Crippen LogP contribution in [-0.4, -0.2) is 23.0 Å². The Balaban J connectivity index is 1.71. The van der Waals surface area contributed by atoms with E-state index in [2.05, 4.69) is 10.3 Å². The normalized spacial score (nSPS) is 12.0. The second-order valence-corrected chi connectivity index (χ2v) is 7.14. The first-order chi connectivity index (χ1) is 12.8. The number of esters is 1. The number of aryl methyl sites for hydroxylation is 2. The number of aromatic nitrogens is 1. The highest BCUT2D eigenvalue weighted by Gasteiger charge is 2.20. The van der Waals surface area contributed by atoms with Crippen molar-refractivity contribution in [1.29, 1.82) is 0 Å². The molecule has 0 radical (unpaired) electrons. The summed E-state index contributed by atoms with van der Waals surface area (Å²) in [6.45, 7) is 5.46. The molecule has 0 bridgehead atoms. The van der Waals surface area contributed by atoms with Crippen LogP contribution in [0.25, 0.3) is 10.9 Å². The number of fused-ring (bicyclic) bond motifs is 1. The number of nitrogens with one attached hydrogen (secondary N) is 2. The van der Waals surface area contributed by atoms with Crippen molar-refractivity contribution in [3.8, 4) is 0 Å². The number of carbonyl (C=O) groups is 2. The Morgan fingerprint density at radius 3 is 2.56 bits per heavy atom. The summed E-state index contributed by atoms with van der Waals surface area (Å²) in [4.78, 5) is 28.0. The predicted octanol–water partition coefficient (Wildman–Crippen LogP) is 5.28. The number of hydrogen-bond donors (Lipinski definition) is 2. The minimum absolute atomic E-state index is 0.304. The van der Waals surface area contributed by atoms with E-state index in [-0.39, 0.29) is 0 Å². The van der Waals surface area contributed by atoms with Gasteiger partial charge in [-0.3, -0.25) is 4.79 Å². The van der Waals surface area contributed by atoms with Crippen LogP contribution in [0.4, 0.5) is 5.69 Å². The predicted molar refractivity (Wildman–Crippen MR) is 108 cm³/mol. The van der Waals surface area contributed by atoms with Crippen molar-refractivity contribution < 1.29 is 14.3 Å². The number of carbonyl (C=O) groups excluding carboxylic acids is 2. The molecule has 1 atom stereocenters. The molecule has 0 saturated heterocycles. The maximum atomic E-state index is 12.4. The van der Waals surface area contributed by atoms with E-state index in [9.17, 15) is 9.59 Å². The van der Waals surface area contributed by atoms with E-state index in [4.69, 9.17) is 27.9 Å². The van der Waals surface area contributed by atoms with Crippen LogP contribution in [0.15, 0.2) is 36.4 Å². The molecule has 0 aliphatic carbocycles. The number of rotatable bonds is 4. The lowest BCUT2D eigenvalue weighted by molar-refractivity contribution is -0.123. The van der Waals surface area contributed by atoms with Crippen molar-refractivity contribution in [3.05, 3.63) is 63.3 Å². The van der Waals surface area contributed by atoms with E-state index in [1.165, 1.54) is 13.0 Å². The zero-order chi connectivity index (χ0) is 19.7. The molecular formula is C20H18Cl2N2O3. The van der Waals surface area contributed by atoms with Gasteiger partial charge < -0.3 is 15.0 Å². The van der Waals surface area contributed by atoms with Crippen LogP contribution >= 0.6 is 23.2 Å². The maximum Gasteiger partial charge on any atom is 0.338 e. The number of halogens is 2. The molecule has 1 amide bonds. The van der Waals surface area contributed by atoms with Gasteiger partial charge >= 0.3 is 5.97 Å². The minimum atomic E-state index is -0.992. The molecule has 1 aromatic heterocycles. The fourth-order valence-electron chi connectivity index (χ4n) is 2.70. The summed E-state index contributed by atoms with van der Waals surface area (Å²) in [6, 6.07) is 9.96. The average Bonchev–Trinajstić information content (AvgIpc) is 2.91. The molecule has 2 aromatic carbocycles. The minimum Gasteiger partial charge on any atom is -0.449 e. The Morgan fingerprint density at radius 2 is 1.85 bits per heavy atom. The second kappa shape index (κ2) is 7.62. The summed E-state index contributed by atoms with van der Waals surface area (Å²) in [7, 11) is 0. The third-order valence-corrected chi connectivity index (χ3v) is 4.93. The first-order valence-corrected chi connectivity index (χ1v) is 9.07. The molecule has 5 nitrogen and oxygen atoms in total. The number of aromatic amines is 1. The molecular weight excluding hydrogens is 387 g/mol. The van der Waals surface area contributed by atoms with Crippen LogP contribution in [-0.2, 0) is 9.53 Å². The number of benzene rings is 2. The first kappa shape index (κ1) is 19.3. The summed E-state index contributed by atoms with van der Waals surface area (Å²) in [5.74, 6) is -1.05. The molecule has 3 rings (SSSR count). The average molecular weight is 405 g/mol. The summed E-state index contributed by atoms with van der Waals surface area (Å²) >= 11 is 11.9. The smallest absolute Gasteiger partial charge is 0.338 e. The molecule has 0 spiro atoms. The number of amides is 1. The van der Waals surface area contributed by atoms with Crippen LogP contribution in [0.2, 0.25) is 10.0 Å². The standard InChI is InChI=1S/C20H18Cl2N2O3/c1-10-11(2)23-17-6-4-13(8-15(10)17)20(26)27-12(3)19(25)24-18-7-5-14(21)9-16(18)22/h4-9,12,23H,1-3H3,(H,24,25)/t12-/m0/s1. The van der Waals surface area contributed by atoms with E-state index in [1.807, 2.05) is 19.9 Å². The molecule has 0 unspecified atom stereocenters. The van der Waals surface area contributed by atoms with Gasteiger partial charge in [-0.05, 0) is 62.7 Å². The van der Waals surface area contributed by atoms with E-state index < -0.39 is 18.0 Å². The first-order valence-electron chi connectivity index (χ1n) is 8.32. The van der Waals surface area contributed by atoms with Gasteiger partial charge in [0.05, 0.1) is 16.3 Å². The third kappa shape index (κ3) is 4.10. The second-order valence-electron chi connectivity index (χ2n) is 6.30. The van der Waals surface area contributed by atoms with E-state index in [0.717, 1.165) is 22.2 Å². The van der Waals surface area contributed by atoms with Crippen molar-refractivity contribution >= 4 is 51.7 Å². The zero-order valence-corrected chi connectivity index (χ0v) is 16.5. The highest BCUT2D eigenvalue weighted by atomic mass is 35.5. The Hall–Kier alpha value is -2.50. The van der Waals surface area contributed by atoms with Gasteiger partial charge in [0.2, 0.25) is 0 Å². The maximum absolute atomic E-state index is 12.4. The number of hydrogen-bond acceptors (Lipinski definition) is 3. The van der Waals surface area contributed by atoms with Gasteiger partial charge in [-0.25, -0.2) is 4.79 Å². The lowest BCUT2D eigenvalue weighted by atomic mass is 10.1. The van der Waals surface area contributed by atoms with Gasteiger partial charge in [0.1, 0.15) is 0 Å². The van der Waals surface area contributed by atoms with Crippen molar-refractivity contribution in [2.24, 2.45) is 0 Å². The molecule has 27 heavy (non-hydrogen) atoms. The van der Waals surface area contributed by atoms with Crippen LogP contribution in [0.3, 0.4) is 0 Å². The number of anilines is 1. The Kier molecular flexibility index (Phi) is 5.44. The van der Waals surface area contributed by atoms with Gasteiger partial charge in [0.15, 0.2) is 6.10 Å².